The molecule has 0 aliphatic carbocycles. The fourth-order valence-electron chi connectivity index (χ4n) is 1.77. The molecular weight excluding hydrogens is 292 g/mol. The number of halogens is 1. The number of esters is 1. The summed E-state index contributed by atoms with van der Waals surface area (Å²) in [7, 11) is 3.03. The Balaban J connectivity index is 2.29. The first kappa shape index (κ1) is 15.2. The minimum atomic E-state index is -0.528. The summed E-state index contributed by atoms with van der Waals surface area (Å²) in [6.07, 6.45) is 0. The predicted octanol–water partition coefficient (Wildman–Crippen LogP) is 3.88. The highest BCUT2D eigenvalue weighted by Crippen LogP contribution is 2.28. The van der Waals surface area contributed by atoms with Gasteiger partial charge in [0, 0.05) is 6.07 Å². The number of methoxy groups -OCH3 is 2. The molecule has 0 aromatic heterocycles. The Kier molecular flexibility index (Phi) is 4.70. The zero-order valence-electron chi connectivity index (χ0n) is 12.0. The van der Waals surface area contributed by atoms with Crippen molar-refractivity contribution in [2.75, 3.05) is 14.2 Å². The molecule has 0 atom stereocenters. The summed E-state index contributed by atoms with van der Waals surface area (Å²) < 4.78 is 15.6. The van der Waals surface area contributed by atoms with E-state index in [-0.39, 0.29) is 0 Å². The van der Waals surface area contributed by atoms with Crippen molar-refractivity contribution in [1.82, 2.24) is 0 Å². The maximum absolute atomic E-state index is 12.2. The molecule has 0 bridgehead atoms. The molecular formula is C16H15ClO4. The van der Waals surface area contributed by atoms with E-state index < -0.39 is 5.97 Å². The molecule has 0 aliphatic heterocycles. The van der Waals surface area contributed by atoms with Gasteiger partial charge in [-0.1, -0.05) is 17.7 Å². The minimum absolute atomic E-state index is 0.323. The van der Waals surface area contributed by atoms with E-state index in [1.54, 1.807) is 30.3 Å². The summed E-state index contributed by atoms with van der Waals surface area (Å²) >= 11 is 6.02. The van der Waals surface area contributed by atoms with Crippen LogP contribution >= 0.6 is 11.6 Å². The Morgan fingerprint density at radius 2 is 1.62 bits per heavy atom. The maximum atomic E-state index is 12.2. The first-order chi connectivity index (χ1) is 10.0. The Hall–Kier alpha value is -2.20. The number of aryl methyl sites for hydroxylation is 1. The lowest BCUT2D eigenvalue weighted by Crippen LogP contribution is -2.09. The summed E-state index contributed by atoms with van der Waals surface area (Å²) in [5, 5.41) is 0.379. The normalized spacial score (nSPS) is 10.1. The highest BCUT2D eigenvalue weighted by Gasteiger charge is 2.14. The molecule has 5 heteroatoms. The van der Waals surface area contributed by atoms with Crippen LogP contribution in [0.15, 0.2) is 36.4 Å². The number of hydrogen-bond acceptors (Lipinski definition) is 4. The zero-order chi connectivity index (χ0) is 15.4. The molecule has 2 aromatic rings. The van der Waals surface area contributed by atoms with E-state index in [1.165, 1.54) is 14.2 Å². The van der Waals surface area contributed by atoms with Crippen LogP contribution in [-0.4, -0.2) is 20.2 Å². The molecule has 21 heavy (non-hydrogen) atoms. The van der Waals surface area contributed by atoms with Crippen molar-refractivity contribution in [3.05, 3.63) is 52.5 Å². The van der Waals surface area contributed by atoms with Gasteiger partial charge >= 0.3 is 5.97 Å². The number of carbonyl (C=O) groups excluding carboxylic acids is 1. The van der Waals surface area contributed by atoms with Crippen molar-refractivity contribution in [2.24, 2.45) is 0 Å². The van der Waals surface area contributed by atoms with Crippen LogP contribution in [0.3, 0.4) is 0 Å². The maximum Gasteiger partial charge on any atom is 0.343 e. The Bertz CT molecular complexity index is 645. The van der Waals surface area contributed by atoms with Crippen molar-refractivity contribution >= 4 is 17.6 Å². The molecule has 0 aliphatic rings. The van der Waals surface area contributed by atoms with Gasteiger partial charge in [0.2, 0.25) is 0 Å². The lowest BCUT2D eigenvalue weighted by molar-refractivity contribution is 0.0734. The third kappa shape index (κ3) is 3.67. The first-order valence-electron chi connectivity index (χ1n) is 6.25. The van der Waals surface area contributed by atoms with Crippen LogP contribution in [0.25, 0.3) is 0 Å². The quantitative estimate of drug-likeness (QED) is 0.635. The van der Waals surface area contributed by atoms with Gasteiger partial charge < -0.3 is 14.2 Å². The number of hydrogen-bond donors (Lipinski definition) is 0. The van der Waals surface area contributed by atoms with E-state index >= 15 is 0 Å². The minimum Gasteiger partial charge on any atom is -0.497 e. The summed E-state index contributed by atoms with van der Waals surface area (Å²) in [5.41, 5.74) is 1.27. The number of carbonyl (C=O) groups is 1. The molecule has 0 spiro atoms. The van der Waals surface area contributed by atoms with Gasteiger partial charge in [0.25, 0.3) is 0 Å². The summed E-state index contributed by atoms with van der Waals surface area (Å²) in [6.45, 7) is 1.89. The average molecular weight is 307 g/mol. The van der Waals surface area contributed by atoms with E-state index in [4.69, 9.17) is 25.8 Å². The molecule has 0 saturated heterocycles. The summed E-state index contributed by atoms with van der Waals surface area (Å²) in [6, 6.07) is 10.1. The van der Waals surface area contributed by atoms with Crippen molar-refractivity contribution in [1.29, 1.82) is 0 Å². The van der Waals surface area contributed by atoms with Crippen LogP contribution in [0.2, 0.25) is 5.02 Å². The molecule has 0 fully saturated rings. The van der Waals surface area contributed by atoms with E-state index in [0.717, 1.165) is 5.56 Å². The van der Waals surface area contributed by atoms with Gasteiger partial charge in [-0.05, 0) is 36.8 Å². The molecule has 110 valence electrons. The smallest absolute Gasteiger partial charge is 0.343 e. The second-order valence-corrected chi connectivity index (χ2v) is 4.83. The lowest BCUT2D eigenvalue weighted by atomic mass is 10.2. The number of benzene rings is 2. The first-order valence-corrected chi connectivity index (χ1v) is 6.62. The van der Waals surface area contributed by atoms with Gasteiger partial charge in [-0.3, -0.25) is 0 Å². The molecule has 0 heterocycles. The van der Waals surface area contributed by atoms with E-state index in [9.17, 15) is 4.79 Å². The second kappa shape index (κ2) is 6.50. The third-order valence-electron chi connectivity index (χ3n) is 2.88. The van der Waals surface area contributed by atoms with Crippen LogP contribution in [0.5, 0.6) is 17.2 Å². The zero-order valence-corrected chi connectivity index (χ0v) is 12.7. The Morgan fingerprint density at radius 3 is 2.19 bits per heavy atom. The predicted molar refractivity (Wildman–Crippen MR) is 80.7 cm³/mol. The summed E-state index contributed by atoms with van der Waals surface area (Å²) in [4.78, 5) is 12.2. The monoisotopic (exact) mass is 306 g/mol. The SMILES string of the molecule is COc1cc(OC)cc(C(=O)Oc2cc(C)ccc2Cl)c1. The largest absolute Gasteiger partial charge is 0.497 e. The molecule has 4 nitrogen and oxygen atoms in total. The molecule has 0 saturated carbocycles. The summed E-state index contributed by atoms with van der Waals surface area (Å²) in [5.74, 6) is 0.816. The Labute approximate surface area is 128 Å². The van der Waals surface area contributed by atoms with Crippen molar-refractivity contribution in [3.63, 3.8) is 0 Å². The standard InChI is InChI=1S/C16H15ClO4/c1-10-4-5-14(17)15(6-10)21-16(18)11-7-12(19-2)9-13(8-11)20-3/h4-9H,1-3H3. The second-order valence-electron chi connectivity index (χ2n) is 4.42. The molecule has 0 unspecified atom stereocenters. The van der Waals surface area contributed by atoms with E-state index in [2.05, 4.69) is 0 Å². The fraction of sp³-hybridized carbons (Fsp3) is 0.188. The van der Waals surface area contributed by atoms with Crippen LogP contribution < -0.4 is 14.2 Å². The van der Waals surface area contributed by atoms with Gasteiger partial charge in [0.15, 0.2) is 0 Å². The van der Waals surface area contributed by atoms with Crippen LogP contribution in [0.4, 0.5) is 0 Å². The van der Waals surface area contributed by atoms with Crippen molar-refractivity contribution in [2.45, 2.75) is 6.92 Å². The molecule has 2 aromatic carbocycles. The average Bonchev–Trinajstić information content (AvgIpc) is 2.50. The van der Waals surface area contributed by atoms with Gasteiger partial charge in [-0.25, -0.2) is 4.79 Å². The van der Waals surface area contributed by atoms with Crippen LogP contribution in [-0.2, 0) is 0 Å². The van der Waals surface area contributed by atoms with Gasteiger partial charge in [0.1, 0.15) is 17.2 Å². The number of rotatable bonds is 4. The fourth-order valence-corrected chi connectivity index (χ4v) is 1.93. The topological polar surface area (TPSA) is 44.8 Å². The molecule has 2 rings (SSSR count). The van der Waals surface area contributed by atoms with Gasteiger partial charge in [-0.15, -0.1) is 0 Å². The van der Waals surface area contributed by atoms with E-state index in [1.807, 2.05) is 13.0 Å². The highest BCUT2D eigenvalue weighted by molar-refractivity contribution is 6.32. The number of ether oxygens (including phenoxy) is 3. The molecule has 0 radical (unpaired) electrons. The Morgan fingerprint density at radius 1 is 1.00 bits per heavy atom. The lowest BCUT2D eigenvalue weighted by Gasteiger charge is -2.10. The van der Waals surface area contributed by atoms with Crippen molar-refractivity contribution in [3.8, 4) is 17.2 Å². The molecule has 0 N–H and O–H groups in total. The van der Waals surface area contributed by atoms with Crippen molar-refractivity contribution < 1.29 is 19.0 Å². The van der Waals surface area contributed by atoms with Gasteiger partial charge in [-0.2, -0.15) is 0 Å². The van der Waals surface area contributed by atoms with Crippen LogP contribution in [0, 0.1) is 6.92 Å². The van der Waals surface area contributed by atoms with E-state index in [0.29, 0.717) is 27.8 Å². The van der Waals surface area contributed by atoms with Crippen LogP contribution in [0.1, 0.15) is 15.9 Å². The molecule has 0 amide bonds. The van der Waals surface area contributed by atoms with Gasteiger partial charge in [0.05, 0.1) is 24.8 Å². The highest BCUT2D eigenvalue weighted by atomic mass is 35.5. The third-order valence-corrected chi connectivity index (χ3v) is 3.19.